The molecule has 0 saturated carbocycles. The fraction of sp³-hybridized carbons (Fsp3) is 0.778. The Hall–Kier alpha value is -0.0700. The van der Waals surface area contributed by atoms with E-state index in [1.54, 1.807) is 0 Å². The monoisotopic (exact) mass is 500 g/mol. The molecule has 0 aliphatic heterocycles. The van der Waals surface area contributed by atoms with Crippen molar-refractivity contribution in [1.29, 1.82) is 0 Å². The van der Waals surface area contributed by atoms with Crippen molar-refractivity contribution in [2.75, 3.05) is 18.5 Å². The van der Waals surface area contributed by atoms with Gasteiger partial charge in [0, 0.05) is 0 Å². The first-order chi connectivity index (χ1) is 13.5. The lowest BCUT2D eigenvalue weighted by molar-refractivity contribution is 0.422. The second-order valence-corrected chi connectivity index (χ2v) is 13.6. The molecule has 0 fully saturated rings. The summed E-state index contributed by atoms with van der Waals surface area (Å²) in [6.45, 7) is 17.9. The molecule has 3 heteroatoms. The van der Waals surface area contributed by atoms with Gasteiger partial charge in [-0.3, -0.25) is 0 Å². The maximum absolute atomic E-state index is 10.9. The molecule has 1 N–H and O–H groups in total. The Morgan fingerprint density at radius 1 is 0.700 bits per heavy atom. The number of hydrogen-bond acceptors (Lipinski definition) is 1. The quantitative estimate of drug-likeness (QED) is 0.223. The van der Waals surface area contributed by atoms with Crippen LogP contribution in [-0.2, 0) is 17.3 Å². The van der Waals surface area contributed by atoms with Gasteiger partial charge in [-0.15, -0.1) is 24.9 Å². The first-order valence-corrected chi connectivity index (χ1v) is 14.0. The molecule has 1 aromatic rings. The van der Waals surface area contributed by atoms with E-state index < -0.39 is 0 Å². The molecule has 0 saturated heterocycles. The summed E-state index contributed by atoms with van der Waals surface area (Å²) < 4.78 is 0. The van der Waals surface area contributed by atoms with Crippen molar-refractivity contribution in [3.8, 4) is 5.75 Å². The summed E-state index contributed by atoms with van der Waals surface area (Å²) in [6, 6.07) is 4.53. The minimum absolute atomic E-state index is 0. The highest BCUT2D eigenvalue weighted by molar-refractivity contribution is 8.93. The van der Waals surface area contributed by atoms with Gasteiger partial charge in [0.25, 0.3) is 0 Å². The van der Waals surface area contributed by atoms with E-state index >= 15 is 0 Å². The molecule has 1 nitrogen and oxygen atoms in total. The van der Waals surface area contributed by atoms with Crippen molar-refractivity contribution in [2.45, 2.75) is 118 Å². The third kappa shape index (κ3) is 10.5. The molecule has 0 spiro atoms. The Labute approximate surface area is 200 Å². The van der Waals surface area contributed by atoms with Crippen LogP contribution in [0.4, 0.5) is 0 Å². The molecule has 0 bridgehead atoms. The lowest BCUT2D eigenvalue weighted by Gasteiger charge is -2.28. The maximum Gasteiger partial charge on any atom is 0.123 e. The molecule has 0 aromatic heterocycles. The van der Waals surface area contributed by atoms with E-state index in [0.29, 0.717) is 5.75 Å². The average molecular weight is 502 g/mol. The van der Waals surface area contributed by atoms with E-state index in [4.69, 9.17) is 0 Å². The Balaban J connectivity index is 0.00000841. The third-order valence-corrected chi connectivity index (χ3v) is 8.73. The Morgan fingerprint density at radius 3 is 1.53 bits per heavy atom. The van der Waals surface area contributed by atoms with Crippen molar-refractivity contribution in [2.24, 2.45) is 0 Å². The Kier molecular flexibility index (Phi) is 14.1. The van der Waals surface area contributed by atoms with Gasteiger partial charge in [-0.05, 0) is 78.1 Å². The molecule has 0 amide bonds. The number of aryl methyl sites for hydroxylation is 1. The van der Waals surface area contributed by atoms with Crippen molar-refractivity contribution >= 4 is 24.9 Å². The van der Waals surface area contributed by atoms with Gasteiger partial charge >= 0.3 is 0 Å². The van der Waals surface area contributed by atoms with E-state index in [9.17, 15) is 5.11 Å². The largest absolute Gasteiger partial charge is 0.507 e. The van der Waals surface area contributed by atoms with E-state index in [1.807, 2.05) is 0 Å². The first kappa shape index (κ1) is 29.9. The van der Waals surface area contributed by atoms with Crippen LogP contribution in [0, 0.1) is 0 Å². The number of hydrogen-bond donors (Lipinski definition) is 1. The zero-order valence-electron chi connectivity index (χ0n) is 21.2. The predicted molar refractivity (Wildman–Crippen MR) is 145 cm³/mol. The molecule has 0 aliphatic rings. The SMILES string of the molecule is Br.CCCCP(CCCC)CCCCCc1cc(C(C)(C)C)c(O)c(C(C)(C)C)c1. The Morgan fingerprint density at radius 2 is 1.13 bits per heavy atom. The van der Waals surface area contributed by atoms with Crippen LogP contribution in [0.2, 0.25) is 0 Å². The van der Waals surface area contributed by atoms with Crippen LogP contribution in [0.3, 0.4) is 0 Å². The van der Waals surface area contributed by atoms with Crippen LogP contribution >= 0.6 is 24.9 Å². The normalized spacial score (nSPS) is 12.3. The standard InChI is InChI=1S/C27H49OP.BrH/c1-9-11-17-29(18-12-10-2)19-15-13-14-16-22-20-23(26(3,4)5)25(28)24(21-22)27(6,7)8;/h20-21,28H,9-19H2,1-8H3;1H. The second kappa shape index (κ2) is 14.2. The van der Waals surface area contributed by atoms with Crippen LogP contribution < -0.4 is 0 Å². The summed E-state index contributed by atoms with van der Waals surface area (Å²) in [7, 11) is 0.278. The Bertz CT molecular complexity index is 555. The average Bonchev–Trinajstić information content (AvgIpc) is 2.62. The van der Waals surface area contributed by atoms with Gasteiger partial charge in [-0.1, -0.05) is 86.8 Å². The van der Waals surface area contributed by atoms with Crippen molar-refractivity contribution in [1.82, 2.24) is 0 Å². The molecule has 0 atom stereocenters. The summed E-state index contributed by atoms with van der Waals surface area (Å²) in [5.74, 6) is 0.506. The van der Waals surface area contributed by atoms with E-state index in [2.05, 4.69) is 67.5 Å². The molecular weight excluding hydrogens is 451 g/mol. The van der Waals surface area contributed by atoms with Crippen molar-refractivity contribution in [3.05, 3.63) is 28.8 Å². The van der Waals surface area contributed by atoms with Crippen molar-refractivity contribution < 1.29 is 5.11 Å². The number of aromatic hydroxyl groups is 1. The van der Waals surface area contributed by atoms with Gasteiger partial charge in [0.1, 0.15) is 5.75 Å². The molecule has 176 valence electrons. The summed E-state index contributed by atoms with van der Waals surface area (Å²) in [4.78, 5) is 0. The van der Waals surface area contributed by atoms with Crippen LogP contribution in [0.25, 0.3) is 0 Å². The number of halogens is 1. The van der Waals surface area contributed by atoms with E-state index in [1.165, 1.54) is 69.0 Å². The maximum atomic E-state index is 10.9. The van der Waals surface area contributed by atoms with E-state index in [-0.39, 0.29) is 35.7 Å². The number of phenols is 1. The second-order valence-electron chi connectivity index (χ2n) is 10.9. The van der Waals surface area contributed by atoms with Crippen LogP contribution in [0.5, 0.6) is 5.75 Å². The molecule has 30 heavy (non-hydrogen) atoms. The highest BCUT2D eigenvalue weighted by Gasteiger charge is 2.26. The molecule has 0 aliphatic carbocycles. The smallest absolute Gasteiger partial charge is 0.123 e. The molecular formula is C27H50BrOP. The van der Waals surface area contributed by atoms with Crippen LogP contribution in [0.1, 0.15) is 117 Å². The summed E-state index contributed by atoms with van der Waals surface area (Å²) >= 11 is 0. The van der Waals surface area contributed by atoms with Crippen LogP contribution in [-0.4, -0.2) is 23.6 Å². The lowest BCUT2D eigenvalue weighted by Crippen LogP contribution is -2.18. The summed E-state index contributed by atoms with van der Waals surface area (Å²) in [5, 5.41) is 10.9. The highest BCUT2D eigenvalue weighted by atomic mass is 79.9. The number of unbranched alkanes of at least 4 members (excludes halogenated alkanes) is 4. The zero-order chi connectivity index (χ0) is 22.1. The van der Waals surface area contributed by atoms with Gasteiger partial charge in [0.2, 0.25) is 0 Å². The minimum atomic E-state index is -0.0333. The minimum Gasteiger partial charge on any atom is -0.507 e. The third-order valence-electron chi connectivity index (χ3n) is 5.88. The fourth-order valence-electron chi connectivity index (χ4n) is 3.92. The first-order valence-electron chi connectivity index (χ1n) is 12.1. The van der Waals surface area contributed by atoms with Crippen molar-refractivity contribution in [3.63, 3.8) is 0 Å². The van der Waals surface area contributed by atoms with Gasteiger partial charge in [-0.2, -0.15) is 0 Å². The summed E-state index contributed by atoms with van der Waals surface area (Å²) in [5.41, 5.74) is 3.53. The highest BCUT2D eigenvalue weighted by Crippen LogP contribution is 2.41. The number of rotatable bonds is 12. The lowest BCUT2D eigenvalue weighted by atomic mass is 9.78. The zero-order valence-corrected chi connectivity index (χ0v) is 23.8. The van der Waals surface area contributed by atoms with Gasteiger partial charge in [-0.25, -0.2) is 0 Å². The van der Waals surface area contributed by atoms with Gasteiger partial charge in [0.15, 0.2) is 0 Å². The molecule has 0 unspecified atom stereocenters. The van der Waals surface area contributed by atoms with E-state index in [0.717, 1.165) is 17.5 Å². The molecule has 1 rings (SSSR count). The molecule has 1 aromatic carbocycles. The van der Waals surface area contributed by atoms with Gasteiger partial charge < -0.3 is 5.11 Å². The van der Waals surface area contributed by atoms with Gasteiger partial charge in [0.05, 0.1) is 0 Å². The topological polar surface area (TPSA) is 20.2 Å². The fourth-order valence-corrected chi connectivity index (χ4v) is 6.79. The molecule has 0 heterocycles. The van der Waals surface area contributed by atoms with Crippen LogP contribution in [0.15, 0.2) is 12.1 Å². The number of phenolic OH excluding ortho intramolecular Hbond substituents is 1. The molecule has 0 radical (unpaired) electrons. The number of benzene rings is 1. The predicted octanol–water partition coefficient (Wildman–Crippen LogP) is 9.36. The summed E-state index contributed by atoms with van der Waals surface area (Å²) in [6.07, 6.45) is 15.1.